The third kappa shape index (κ3) is 4.13. The minimum Gasteiger partial charge on any atom is -0.298 e. The van der Waals surface area contributed by atoms with Gasteiger partial charge in [0.2, 0.25) is 0 Å². The zero-order valence-corrected chi connectivity index (χ0v) is 7.20. The van der Waals surface area contributed by atoms with Crippen LogP contribution in [-0.4, -0.2) is 24.3 Å². The molecule has 0 aliphatic rings. The highest BCUT2D eigenvalue weighted by atomic mass is 15.4. The average Bonchev–Trinajstić information content (AvgIpc) is 1.88. The van der Waals surface area contributed by atoms with Gasteiger partial charge in [-0.2, -0.15) is 5.10 Å². The number of hydrazone groups is 1. The molecular formula is C8H16N2. The molecule has 0 fully saturated rings. The van der Waals surface area contributed by atoms with E-state index in [0.717, 1.165) is 0 Å². The van der Waals surface area contributed by atoms with Gasteiger partial charge in [0.15, 0.2) is 0 Å². The lowest BCUT2D eigenvalue weighted by Gasteiger charge is -2.15. The van der Waals surface area contributed by atoms with Crippen LogP contribution in [0.3, 0.4) is 0 Å². The molecule has 0 N–H and O–H groups in total. The Kier molecular flexibility index (Phi) is 4.63. The molecule has 0 aromatic rings. The van der Waals surface area contributed by atoms with Crippen LogP contribution in [0.15, 0.2) is 17.3 Å². The zero-order valence-electron chi connectivity index (χ0n) is 7.20. The molecule has 0 aromatic carbocycles. The largest absolute Gasteiger partial charge is 0.298 e. The van der Waals surface area contributed by atoms with E-state index in [4.69, 9.17) is 0 Å². The van der Waals surface area contributed by atoms with Gasteiger partial charge in [0.05, 0.1) is 0 Å². The number of allylic oxidation sites excluding steroid dienone is 2. The van der Waals surface area contributed by atoms with Crippen molar-refractivity contribution in [2.45, 2.75) is 26.8 Å². The van der Waals surface area contributed by atoms with Gasteiger partial charge in [-0.3, -0.25) is 5.01 Å². The van der Waals surface area contributed by atoms with Crippen molar-refractivity contribution in [1.82, 2.24) is 5.01 Å². The maximum absolute atomic E-state index is 4.13. The number of nitrogens with zero attached hydrogens (tertiary/aromatic N) is 2. The first-order valence-electron chi connectivity index (χ1n) is 3.56. The summed E-state index contributed by atoms with van der Waals surface area (Å²) in [5.41, 5.74) is 0. The molecule has 0 aromatic heterocycles. The molecule has 0 rings (SSSR count). The smallest absolute Gasteiger partial charge is 0.0467 e. The summed E-state index contributed by atoms with van der Waals surface area (Å²) in [4.78, 5) is 0. The fourth-order valence-corrected chi connectivity index (χ4v) is 0.363. The van der Waals surface area contributed by atoms with E-state index in [1.807, 2.05) is 31.1 Å². The third-order valence-electron chi connectivity index (χ3n) is 1.27. The van der Waals surface area contributed by atoms with Crippen LogP contribution in [0, 0.1) is 0 Å². The van der Waals surface area contributed by atoms with Gasteiger partial charge < -0.3 is 0 Å². The van der Waals surface area contributed by atoms with Crippen LogP contribution >= 0.6 is 0 Å². The van der Waals surface area contributed by atoms with Crippen LogP contribution in [0.2, 0.25) is 0 Å². The summed E-state index contributed by atoms with van der Waals surface area (Å²) < 4.78 is 0. The Balaban J connectivity index is 3.66. The van der Waals surface area contributed by atoms with Gasteiger partial charge in [-0.25, -0.2) is 0 Å². The molecule has 0 atom stereocenters. The van der Waals surface area contributed by atoms with Crippen molar-refractivity contribution >= 4 is 6.21 Å². The number of rotatable bonds is 3. The lowest BCUT2D eigenvalue weighted by atomic mass is 10.4. The summed E-state index contributed by atoms with van der Waals surface area (Å²) in [5, 5.41) is 6.05. The summed E-state index contributed by atoms with van der Waals surface area (Å²) in [6.07, 6.45) is 5.66. The maximum atomic E-state index is 4.13. The van der Waals surface area contributed by atoms with E-state index in [-0.39, 0.29) is 0 Å². The van der Waals surface area contributed by atoms with Gasteiger partial charge in [-0.15, -0.1) is 0 Å². The average molecular weight is 140 g/mol. The first-order chi connectivity index (χ1) is 4.68. The van der Waals surface area contributed by atoms with Crippen molar-refractivity contribution in [2.75, 3.05) is 7.05 Å². The molecule has 0 radical (unpaired) electrons. The molecule has 0 bridgehead atoms. The van der Waals surface area contributed by atoms with Crippen LogP contribution in [0.5, 0.6) is 0 Å². The highest BCUT2D eigenvalue weighted by Gasteiger charge is 1.94. The summed E-state index contributed by atoms with van der Waals surface area (Å²) in [6.45, 7) is 6.18. The first kappa shape index (κ1) is 9.21. The molecule has 0 spiro atoms. The second kappa shape index (κ2) is 5.03. The van der Waals surface area contributed by atoms with Crippen LogP contribution in [0.25, 0.3) is 0 Å². The molecule has 0 saturated heterocycles. The Morgan fingerprint density at radius 2 is 2.00 bits per heavy atom. The normalized spacial score (nSPS) is 12.1. The van der Waals surface area contributed by atoms with Crippen LogP contribution in [0.1, 0.15) is 20.8 Å². The van der Waals surface area contributed by atoms with Gasteiger partial charge in [-0.1, -0.05) is 6.08 Å². The summed E-state index contributed by atoms with van der Waals surface area (Å²) in [6, 6.07) is 0.474. The van der Waals surface area contributed by atoms with E-state index in [2.05, 4.69) is 18.9 Å². The van der Waals surface area contributed by atoms with Crippen molar-refractivity contribution < 1.29 is 0 Å². The molecule has 0 amide bonds. The van der Waals surface area contributed by atoms with Crippen molar-refractivity contribution in [3.63, 3.8) is 0 Å². The molecule has 2 nitrogen and oxygen atoms in total. The quantitative estimate of drug-likeness (QED) is 0.432. The second-order valence-electron chi connectivity index (χ2n) is 2.46. The van der Waals surface area contributed by atoms with Gasteiger partial charge in [-0.05, 0) is 26.8 Å². The van der Waals surface area contributed by atoms with Crippen LogP contribution < -0.4 is 0 Å². The molecule has 0 aliphatic carbocycles. The van der Waals surface area contributed by atoms with E-state index < -0.39 is 0 Å². The second-order valence-corrected chi connectivity index (χ2v) is 2.46. The minimum atomic E-state index is 0.474. The number of hydrogen-bond acceptors (Lipinski definition) is 2. The molecule has 0 saturated carbocycles. The van der Waals surface area contributed by atoms with Crippen molar-refractivity contribution in [3.05, 3.63) is 12.2 Å². The van der Waals surface area contributed by atoms with E-state index in [9.17, 15) is 0 Å². The monoisotopic (exact) mass is 140 g/mol. The molecule has 2 heteroatoms. The SMILES string of the molecule is C/C=C\C=N\N(C)C(C)C. The standard InChI is InChI=1S/C8H16N2/c1-5-6-7-9-10(4)8(2)3/h5-8H,1-4H3/b6-5-,9-7+. The molecule has 58 valence electrons. The predicted molar refractivity (Wildman–Crippen MR) is 46.2 cm³/mol. The predicted octanol–water partition coefficient (Wildman–Crippen LogP) is 1.89. The van der Waals surface area contributed by atoms with Gasteiger partial charge in [0, 0.05) is 19.3 Å². The number of hydrogen-bond donors (Lipinski definition) is 0. The Labute approximate surface area is 63.2 Å². The first-order valence-corrected chi connectivity index (χ1v) is 3.56. The van der Waals surface area contributed by atoms with E-state index in [1.165, 1.54) is 0 Å². The summed E-state index contributed by atoms with van der Waals surface area (Å²) in [5.74, 6) is 0. The fraction of sp³-hybridized carbons (Fsp3) is 0.625. The van der Waals surface area contributed by atoms with Crippen molar-refractivity contribution in [2.24, 2.45) is 5.10 Å². The Morgan fingerprint density at radius 1 is 1.40 bits per heavy atom. The highest BCUT2D eigenvalue weighted by Crippen LogP contribution is 1.91. The van der Waals surface area contributed by atoms with Gasteiger partial charge in [0.1, 0.15) is 0 Å². The Hall–Kier alpha value is -0.790. The van der Waals surface area contributed by atoms with E-state index >= 15 is 0 Å². The fourth-order valence-electron chi connectivity index (χ4n) is 0.363. The van der Waals surface area contributed by atoms with Crippen molar-refractivity contribution in [3.8, 4) is 0 Å². The molecule has 0 unspecified atom stereocenters. The molecule has 0 heterocycles. The minimum absolute atomic E-state index is 0.474. The molecule has 10 heavy (non-hydrogen) atoms. The third-order valence-corrected chi connectivity index (χ3v) is 1.27. The van der Waals surface area contributed by atoms with Gasteiger partial charge in [0.25, 0.3) is 0 Å². The summed E-state index contributed by atoms with van der Waals surface area (Å²) in [7, 11) is 1.96. The Morgan fingerprint density at radius 3 is 2.40 bits per heavy atom. The van der Waals surface area contributed by atoms with E-state index in [0.29, 0.717) is 6.04 Å². The van der Waals surface area contributed by atoms with Crippen molar-refractivity contribution in [1.29, 1.82) is 0 Å². The molecular weight excluding hydrogens is 124 g/mol. The highest BCUT2D eigenvalue weighted by molar-refractivity contribution is 5.70. The van der Waals surface area contributed by atoms with E-state index in [1.54, 1.807) is 6.21 Å². The van der Waals surface area contributed by atoms with Gasteiger partial charge >= 0.3 is 0 Å². The summed E-state index contributed by atoms with van der Waals surface area (Å²) >= 11 is 0. The lowest BCUT2D eigenvalue weighted by molar-refractivity contribution is 0.290. The van der Waals surface area contributed by atoms with Crippen LogP contribution in [-0.2, 0) is 0 Å². The topological polar surface area (TPSA) is 15.6 Å². The Bertz CT molecular complexity index is 125. The maximum Gasteiger partial charge on any atom is 0.0467 e. The lowest BCUT2D eigenvalue weighted by Crippen LogP contribution is -2.19. The van der Waals surface area contributed by atoms with Crippen LogP contribution in [0.4, 0.5) is 0 Å². The molecule has 0 aliphatic heterocycles. The zero-order chi connectivity index (χ0) is 7.98.